The molecule has 0 saturated carbocycles. The van der Waals surface area contributed by atoms with Gasteiger partial charge in [0.1, 0.15) is 0 Å². The van der Waals surface area contributed by atoms with Gasteiger partial charge in [-0.2, -0.15) is 0 Å². The lowest BCUT2D eigenvalue weighted by Gasteiger charge is -2.13. The first-order valence-electron chi connectivity index (χ1n) is 13.6. The third-order valence-corrected chi connectivity index (χ3v) is 7.88. The first-order chi connectivity index (χ1) is 19.8. The molecule has 0 aliphatic heterocycles. The van der Waals surface area contributed by atoms with Gasteiger partial charge in [-0.25, -0.2) is 0 Å². The van der Waals surface area contributed by atoms with Crippen LogP contribution < -0.4 is 0 Å². The number of pyridine rings is 2. The number of hydrogen-bond donors (Lipinski definition) is 0. The standard InChI is InChI=1S/C38H24N2/c1-2-8-35-25(5-1)9-10-29-19-26(11-14-36(29)35)32-22-33(27-12-15-37-30(20-27)6-3-17-39-37)24-34(23-32)28-13-16-38-31(21-28)7-4-18-40-38/h1-24H. The molecule has 2 heterocycles. The molecule has 8 rings (SSSR count). The van der Waals surface area contributed by atoms with E-state index in [1.54, 1.807) is 0 Å². The van der Waals surface area contributed by atoms with E-state index in [0.29, 0.717) is 0 Å². The minimum atomic E-state index is 1.01. The molecule has 0 aliphatic rings. The molecule has 6 aromatic carbocycles. The van der Waals surface area contributed by atoms with Crippen LogP contribution in [0.4, 0.5) is 0 Å². The molecule has 0 saturated heterocycles. The van der Waals surface area contributed by atoms with E-state index in [4.69, 9.17) is 0 Å². The Morgan fingerprint density at radius 3 is 1.40 bits per heavy atom. The van der Waals surface area contributed by atoms with Crippen LogP contribution in [0.15, 0.2) is 146 Å². The molecule has 0 fully saturated rings. The van der Waals surface area contributed by atoms with Crippen LogP contribution in [0.5, 0.6) is 0 Å². The monoisotopic (exact) mass is 508 g/mol. The highest BCUT2D eigenvalue weighted by atomic mass is 14.6. The quantitative estimate of drug-likeness (QED) is 0.222. The number of fused-ring (bicyclic) bond motifs is 5. The van der Waals surface area contributed by atoms with Crippen molar-refractivity contribution in [1.29, 1.82) is 0 Å². The molecular formula is C38H24N2. The van der Waals surface area contributed by atoms with Gasteiger partial charge in [0, 0.05) is 23.2 Å². The molecule has 2 nitrogen and oxygen atoms in total. The van der Waals surface area contributed by atoms with Crippen molar-refractivity contribution in [3.05, 3.63) is 146 Å². The van der Waals surface area contributed by atoms with Crippen molar-refractivity contribution < 1.29 is 0 Å². The Bertz CT molecular complexity index is 2130. The van der Waals surface area contributed by atoms with E-state index in [1.807, 2.05) is 24.5 Å². The summed E-state index contributed by atoms with van der Waals surface area (Å²) in [5, 5.41) is 7.36. The summed E-state index contributed by atoms with van der Waals surface area (Å²) in [4.78, 5) is 9.04. The van der Waals surface area contributed by atoms with Crippen LogP contribution in [0.1, 0.15) is 0 Å². The molecule has 0 aliphatic carbocycles. The molecule has 0 spiro atoms. The summed E-state index contributed by atoms with van der Waals surface area (Å²) in [6, 6.07) is 48.1. The maximum Gasteiger partial charge on any atom is 0.0702 e. The fourth-order valence-electron chi connectivity index (χ4n) is 5.83. The highest BCUT2D eigenvalue weighted by Gasteiger charge is 2.11. The molecule has 0 unspecified atom stereocenters. The van der Waals surface area contributed by atoms with Crippen LogP contribution in [0, 0.1) is 0 Å². The summed E-state index contributed by atoms with van der Waals surface area (Å²) in [7, 11) is 0. The van der Waals surface area contributed by atoms with Crippen molar-refractivity contribution >= 4 is 43.4 Å². The lowest BCUT2D eigenvalue weighted by molar-refractivity contribution is 1.41. The van der Waals surface area contributed by atoms with Crippen molar-refractivity contribution in [3.8, 4) is 33.4 Å². The van der Waals surface area contributed by atoms with Crippen molar-refractivity contribution in [2.24, 2.45) is 0 Å². The van der Waals surface area contributed by atoms with Gasteiger partial charge in [0.25, 0.3) is 0 Å². The zero-order chi connectivity index (χ0) is 26.5. The molecule has 40 heavy (non-hydrogen) atoms. The minimum Gasteiger partial charge on any atom is -0.256 e. The van der Waals surface area contributed by atoms with E-state index in [0.717, 1.165) is 21.8 Å². The van der Waals surface area contributed by atoms with Gasteiger partial charge in [-0.15, -0.1) is 0 Å². The number of aromatic nitrogens is 2. The second kappa shape index (κ2) is 9.14. The van der Waals surface area contributed by atoms with E-state index >= 15 is 0 Å². The highest BCUT2D eigenvalue weighted by molar-refractivity contribution is 6.08. The molecule has 0 bridgehead atoms. The van der Waals surface area contributed by atoms with Gasteiger partial charge < -0.3 is 0 Å². The topological polar surface area (TPSA) is 25.8 Å². The van der Waals surface area contributed by atoms with Crippen LogP contribution >= 0.6 is 0 Å². The normalized spacial score (nSPS) is 11.5. The third-order valence-electron chi connectivity index (χ3n) is 7.88. The molecule has 8 aromatic rings. The second-order valence-electron chi connectivity index (χ2n) is 10.3. The first kappa shape index (κ1) is 22.6. The van der Waals surface area contributed by atoms with Crippen LogP contribution in [0.3, 0.4) is 0 Å². The molecule has 2 heteroatoms. The lowest BCUT2D eigenvalue weighted by Crippen LogP contribution is -1.88. The Labute approximate surface area is 232 Å². The van der Waals surface area contributed by atoms with Gasteiger partial charge in [-0.05, 0) is 116 Å². The smallest absolute Gasteiger partial charge is 0.0702 e. The molecule has 0 N–H and O–H groups in total. The van der Waals surface area contributed by atoms with Gasteiger partial charge in [-0.3, -0.25) is 9.97 Å². The molecule has 0 atom stereocenters. The maximum atomic E-state index is 4.52. The number of nitrogens with zero attached hydrogens (tertiary/aromatic N) is 2. The summed E-state index contributed by atoms with van der Waals surface area (Å²) in [5.74, 6) is 0. The van der Waals surface area contributed by atoms with Crippen LogP contribution in [-0.4, -0.2) is 9.97 Å². The zero-order valence-corrected chi connectivity index (χ0v) is 21.8. The average Bonchev–Trinajstić information content (AvgIpc) is 3.03. The summed E-state index contributed by atoms with van der Waals surface area (Å²) < 4.78 is 0. The van der Waals surface area contributed by atoms with Crippen molar-refractivity contribution in [2.75, 3.05) is 0 Å². The lowest BCUT2D eigenvalue weighted by atomic mass is 9.91. The molecule has 0 amide bonds. The van der Waals surface area contributed by atoms with E-state index in [1.165, 1.54) is 54.9 Å². The van der Waals surface area contributed by atoms with E-state index in [9.17, 15) is 0 Å². The van der Waals surface area contributed by atoms with Gasteiger partial charge in [0.15, 0.2) is 0 Å². The Morgan fingerprint density at radius 1 is 0.300 bits per heavy atom. The van der Waals surface area contributed by atoms with E-state index < -0.39 is 0 Å². The van der Waals surface area contributed by atoms with Crippen molar-refractivity contribution in [2.45, 2.75) is 0 Å². The Balaban J connectivity index is 1.34. The van der Waals surface area contributed by atoms with Crippen molar-refractivity contribution in [3.63, 3.8) is 0 Å². The Morgan fingerprint density at radius 2 is 0.775 bits per heavy atom. The Hall–Kier alpha value is -5.34. The summed E-state index contributed by atoms with van der Waals surface area (Å²) >= 11 is 0. The SMILES string of the molecule is c1cnc2ccc(-c3cc(-c4ccc5ncccc5c4)cc(-c4ccc5c(ccc6ccccc65)c4)c3)cc2c1. The minimum absolute atomic E-state index is 1.01. The second-order valence-corrected chi connectivity index (χ2v) is 10.3. The largest absolute Gasteiger partial charge is 0.256 e. The zero-order valence-electron chi connectivity index (χ0n) is 21.8. The Kier molecular flexibility index (Phi) is 5.17. The summed E-state index contributed by atoms with van der Waals surface area (Å²) in [5.41, 5.74) is 9.13. The maximum absolute atomic E-state index is 4.52. The molecular weight excluding hydrogens is 484 g/mol. The molecule has 186 valence electrons. The fourth-order valence-corrected chi connectivity index (χ4v) is 5.83. The van der Waals surface area contributed by atoms with Crippen LogP contribution in [-0.2, 0) is 0 Å². The number of rotatable bonds is 3. The average molecular weight is 509 g/mol. The van der Waals surface area contributed by atoms with E-state index in [-0.39, 0.29) is 0 Å². The molecule has 2 aromatic heterocycles. The van der Waals surface area contributed by atoms with Gasteiger partial charge in [0.05, 0.1) is 11.0 Å². The molecule has 0 radical (unpaired) electrons. The highest BCUT2D eigenvalue weighted by Crippen LogP contribution is 2.36. The fraction of sp³-hybridized carbons (Fsp3) is 0. The van der Waals surface area contributed by atoms with Crippen LogP contribution in [0.25, 0.3) is 76.7 Å². The predicted octanol–water partition coefficient (Wildman–Crippen LogP) is 10.1. The van der Waals surface area contributed by atoms with Gasteiger partial charge in [-0.1, -0.05) is 72.8 Å². The van der Waals surface area contributed by atoms with Crippen molar-refractivity contribution in [1.82, 2.24) is 9.97 Å². The van der Waals surface area contributed by atoms with E-state index in [2.05, 4.69) is 131 Å². The number of hydrogen-bond acceptors (Lipinski definition) is 2. The first-order valence-corrected chi connectivity index (χ1v) is 13.6. The third kappa shape index (κ3) is 3.90. The summed E-state index contributed by atoms with van der Waals surface area (Å²) in [6.45, 7) is 0. The predicted molar refractivity (Wildman–Crippen MR) is 168 cm³/mol. The van der Waals surface area contributed by atoms with Gasteiger partial charge in [0.2, 0.25) is 0 Å². The summed E-state index contributed by atoms with van der Waals surface area (Å²) in [6.07, 6.45) is 3.69. The van der Waals surface area contributed by atoms with Crippen LogP contribution in [0.2, 0.25) is 0 Å². The number of benzene rings is 6. The van der Waals surface area contributed by atoms with Gasteiger partial charge >= 0.3 is 0 Å².